The minimum Gasteiger partial charge on any atom is -0.484 e. The number of aryl methyl sites for hydroxylation is 2. The Balaban J connectivity index is 1.45. The van der Waals surface area contributed by atoms with E-state index >= 15 is 0 Å². The van der Waals surface area contributed by atoms with Crippen LogP contribution in [0.25, 0.3) is 11.3 Å². The average molecular weight is 396 g/mol. The second kappa shape index (κ2) is 7.68. The monoisotopic (exact) mass is 395 g/mol. The Morgan fingerprint density at radius 3 is 2.71 bits per heavy atom. The second-order valence-electron chi connectivity index (χ2n) is 7.14. The first kappa shape index (κ1) is 18.6. The first-order valence-electron chi connectivity index (χ1n) is 9.31. The number of carbonyl (C=O) groups excluding carboxylic acids is 1. The molecule has 1 aromatic heterocycles. The van der Waals surface area contributed by atoms with Gasteiger partial charge in [-0.15, -0.1) is 0 Å². The molecular weight excluding hydrogens is 374 g/mol. The van der Waals surface area contributed by atoms with E-state index in [0.717, 1.165) is 40.2 Å². The molecule has 1 N–H and O–H groups in total. The van der Waals surface area contributed by atoms with Crippen molar-refractivity contribution in [2.45, 2.75) is 26.8 Å². The average Bonchev–Trinajstić information content (AvgIpc) is 3.12. The van der Waals surface area contributed by atoms with Crippen molar-refractivity contribution in [3.63, 3.8) is 0 Å². The molecule has 1 aliphatic rings. The number of nitrogens with zero attached hydrogens (tertiary/aromatic N) is 2. The van der Waals surface area contributed by atoms with Crippen molar-refractivity contribution in [1.82, 2.24) is 15.1 Å². The SMILES string of the molecule is Cc1ccc(OCC(=O)N2CCc3[nH]nc(-c4ccc(Cl)cc4)c3C2)cc1C. The number of aromatic amines is 1. The number of benzene rings is 2. The molecule has 4 rings (SSSR count). The summed E-state index contributed by atoms with van der Waals surface area (Å²) in [5, 5.41) is 8.27. The van der Waals surface area contributed by atoms with E-state index in [1.165, 1.54) is 5.56 Å². The fourth-order valence-corrected chi connectivity index (χ4v) is 3.52. The Kier molecular flexibility index (Phi) is 5.09. The van der Waals surface area contributed by atoms with Gasteiger partial charge in [0.2, 0.25) is 0 Å². The molecular formula is C22H22ClN3O2. The van der Waals surface area contributed by atoms with E-state index in [1.807, 2.05) is 54.3 Å². The molecule has 0 saturated carbocycles. The summed E-state index contributed by atoms with van der Waals surface area (Å²) in [5.74, 6) is 0.700. The third-order valence-corrected chi connectivity index (χ3v) is 5.50. The molecule has 5 nitrogen and oxygen atoms in total. The van der Waals surface area contributed by atoms with E-state index < -0.39 is 0 Å². The predicted octanol–water partition coefficient (Wildman–Crippen LogP) is 4.31. The number of ether oxygens (including phenoxy) is 1. The zero-order valence-corrected chi connectivity index (χ0v) is 16.7. The van der Waals surface area contributed by atoms with Crippen molar-refractivity contribution >= 4 is 17.5 Å². The van der Waals surface area contributed by atoms with Gasteiger partial charge in [-0.05, 0) is 49.2 Å². The largest absolute Gasteiger partial charge is 0.484 e. The maximum Gasteiger partial charge on any atom is 0.260 e. The number of amides is 1. The van der Waals surface area contributed by atoms with E-state index in [-0.39, 0.29) is 12.5 Å². The minimum atomic E-state index is -0.0212. The van der Waals surface area contributed by atoms with E-state index in [4.69, 9.17) is 16.3 Å². The van der Waals surface area contributed by atoms with Crippen LogP contribution < -0.4 is 4.74 Å². The molecule has 0 fully saturated rings. The summed E-state index contributed by atoms with van der Waals surface area (Å²) in [6.07, 6.45) is 0.755. The molecule has 0 spiro atoms. The number of fused-ring (bicyclic) bond motifs is 1. The smallest absolute Gasteiger partial charge is 0.260 e. The quantitative estimate of drug-likeness (QED) is 0.716. The summed E-state index contributed by atoms with van der Waals surface area (Å²) in [7, 11) is 0. The van der Waals surface area contributed by atoms with Crippen molar-refractivity contribution in [3.05, 3.63) is 69.9 Å². The van der Waals surface area contributed by atoms with Crippen LogP contribution in [0.15, 0.2) is 42.5 Å². The maximum atomic E-state index is 12.7. The zero-order valence-electron chi connectivity index (χ0n) is 16.0. The van der Waals surface area contributed by atoms with Crippen LogP contribution in [0, 0.1) is 13.8 Å². The van der Waals surface area contributed by atoms with Crippen LogP contribution in [-0.4, -0.2) is 34.2 Å². The maximum absolute atomic E-state index is 12.7. The Morgan fingerprint density at radius 2 is 1.96 bits per heavy atom. The lowest BCUT2D eigenvalue weighted by atomic mass is 10.0. The van der Waals surface area contributed by atoms with Gasteiger partial charge in [-0.1, -0.05) is 29.8 Å². The van der Waals surface area contributed by atoms with Gasteiger partial charge in [-0.25, -0.2) is 0 Å². The Bertz CT molecular complexity index is 1010. The Labute approximate surface area is 169 Å². The minimum absolute atomic E-state index is 0.0212. The molecule has 0 saturated heterocycles. The van der Waals surface area contributed by atoms with Crippen LogP contribution in [0.5, 0.6) is 5.75 Å². The lowest BCUT2D eigenvalue weighted by Crippen LogP contribution is -2.38. The first-order chi connectivity index (χ1) is 13.5. The summed E-state index contributed by atoms with van der Waals surface area (Å²) in [6.45, 7) is 5.31. The lowest BCUT2D eigenvalue weighted by Gasteiger charge is -2.27. The van der Waals surface area contributed by atoms with Gasteiger partial charge in [-0.2, -0.15) is 5.10 Å². The molecule has 28 heavy (non-hydrogen) atoms. The van der Waals surface area contributed by atoms with Crippen LogP contribution >= 0.6 is 11.6 Å². The van der Waals surface area contributed by atoms with E-state index in [1.54, 1.807) is 0 Å². The van der Waals surface area contributed by atoms with Gasteiger partial charge < -0.3 is 9.64 Å². The summed E-state index contributed by atoms with van der Waals surface area (Å²) in [6, 6.07) is 13.5. The van der Waals surface area contributed by atoms with Crippen molar-refractivity contribution in [1.29, 1.82) is 0 Å². The molecule has 144 valence electrons. The van der Waals surface area contributed by atoms with Crippen molar-refractivity contribution < 1.29 is 9.53 Å². The van der Waals surface area contributed by atoms with E-state index in [0.29, 0.717) is 18.1 Å². The van der Waals surface area contributed by atoms with Crippen LogP contribution in [0.4, 0.5) is 0 Å². The summed E-state index contributed by atoms with van der Waals surface area (Å²) < 4.78 is 5.73. The molecule has 0 radical (unpaired) electrons. The van der Waals surface area contributed by atoms with Crippen LogP contribution in [0.3, 0.4) is 0 Å². The standard InChI is InChI=1S/C22H22ClN3O2/c1-14-3-8-18(11-15(14)2)28-13-21(27)26-10-9-20-19(12-26)22(25-24-20)16-4-6-17(23)7-5-16/h3-8,11H,9-10,12-13H2,1-2H3,(H,24,25). The molecule has 3 aromatic rings. The Morgan fingerprint density at radius 1 is 1.18 bits per heavy atom. The Hall–Kier alpha value is -2.79. The summed E-state index contributed by atoms with van der Waals surface area (Å²) in [5.41, 5.74) is 6.37. The number of H-pyrrole nitrogens is 1. The molecule has 0 bridgehead atoms. The normalized spacial score (nSPS) is 13.3. The van der Waals surface area contributed by atoms with Crippen LogP contribution in [0.2, 0.25) is 5.02 Å². The van der Waals surface area contributed by atoms with Gasteiger partial charge in [0.05, 0.1) is 5.69 Å². The molecule has 0 atom stereocenters. The molecule has 0 unspecified atom stereocenters. The summed E-state index contributed by atoms with van der Waals surface area (Å²) in [4.78, 5) is 14.5. The van der Waals surface area contributed by atoms with Gasteiger partial charge in [0.1, 0.15) is 5.75 Å². The number of nitrogens with one attached hydrogen (secondary N) is 1. The number of hydrogen-bond acceptors (Lipinski definition) is 3. The van der Waals surface area contributed by atoms with Crippen LogP contribution in [-0.2, 0) is 17.8 Å². The molecule has 0 aliphatic carbocycles. The summed E-state index contributed by atoms with van der Waals surface area (Å²) >= 11 is 5.99. The molecule has 2 heterocycles. The fourth-order valence-electron chi connectivity index (χ4n) is 3.39. The van der Waals surface area contributed by atoms with Crippen molar-refractivity contribution in [2.24, 2.45) is 0 Å². The zero-order chi connectivity index (χ0) is 19.7. The number of hydrogen-bond donors (Lipinski definition) is 1. The molecule has 1 aliphatic heterocycles. The van der Waals surface area contributed by atoms with Gasteiger partial charge in [0.15, 0.2) is 6.61 Å². The van der Waals surface area contributed by atoms with Gasteiger partial charge in [0.25, 0.3) is 5.91 Å². The lowest BCUT2D eigenvalue weighted by molar-refractivity contribution is -0.134. The van der Waals surface area contributed by atoms with Crippen molar-refractivity contribution in [2.75, 3.05) is 13.2 Å². The third-order valence-electron chi connectivity index (χ3n) is 5.24. The first-order valence-corrected chi connectivity index (χ1v) is 9.69. The van der Waals surface area contributed by atoms with E-state index in [9.17, 15) is 4.79 Å². The highest BCUT2D eigenvalue weighted by atomic mass is 35.5. The molecule has 1 amide bonds. The van der Waals surface area contributed by atoms with Gasteiger partial charge in [-0.3, -0.25) is 9.89 Å². The highest BCUT2D eigenvalue weighted by Crippen LogP contribution is 2.29. The number of rotatable bonds is 4. The fraction of sp³-hybridized carbons (Fsp3) is 0.273. The number of halogens is 1. The second-order valence-corrected chi connectivity index (χ2v) is 7.57. The highest BCUT2D eigenvalue weighted by Gasteiger charge is 2.26. The third kappa shape index (κ3) is 3.76. The molecule has 6 heteroatoms. The van der Waals surface area contributed by atoms with Crippen LogP contribution in [0.1, 0.15) is 22.4 Å². The number of carbonyl (C=O) groups is 1. The van der Waals surface area contributed by atoms with Crippen molar-refractivity contribution in [3.8, 4) is 17.0 Å². The predicted molar refractivity (Wildman–Crippen MR) is 110 cm³/mol. The molecule has 2 aromatic carbocycles. The number of aromatic nitrogens is 2. The van der Waals surface area contributed by atoms with E-state index in [2.05, 4.69) is 17.1 Å². The van der Waals surface area contributed by atoms with Gasteiger partial charge >= 0.3 is 0 Å². The highest BCUT2D eigenvalue weighted by molar-refractivity contribution is 6.30. The topological polar surface area (TPSA) is 58.2 Å². The van der Waals surface area contributed by atoms with Gasteiger partial charge in [0, 0.05) is 41.4 Å².